The zero-order valence-electron chi connectivity index (χ0n) is 13.3. The monoisotopic (exact) mass is 274 g/mol. The Hall–Kier alpha value is -0.330. The summed E-state index contributed by atoms with van der Waals surface area (Å²) < 4.78 is 0. The van der Waals surface area contributed by atoms with Crippen LogP contribution in [0, 0.1) is 34.5 Å². The van der Waals surface area contributed by atoms with Gasteiger partial charge in [0.15, 0.2) is 0 Å². The number of Topliss-reactive ketones (excluding diaryl/α,β-unsaturated/α-hetero) is 1. The van der Waals surface area contributed by atoms with Gasteiger partial charge in [-0.1, -0.05) is 26.7 Å². The van der Waals surface area contributed by atoms with Crippen LogP contribution in [0.5, 0.6) is 0 Å². The highest BCUT2D eigenvalue weighted by molar-refractivity contribution is 5.87. The van der Waals surface area contributed by atoms with E-state index in [1.165, 1.54) is 57.8 Å². The fraction of sp³-hybridized carbons (Fsp3) is 0.947. The van der Waals surface area contributed by atoms with E-state index < -0.39 is 0 Å². The first-order valence-electron chi connectivity index (χ1n) is 9.09. The standard InChI is InChI=1S/C19H30O/c1-18-11-4-3-5-13(18)6-7-14-15-8-9-17(20)19(15,2)12-10-16(14)18/h13-16H,3-12H2,1-2H3/t13-,14-,15?,16?,18-,19-/m0/s1. The minimum Gasteiger partial charge on any atom is -0.299 e. The third-order valence-corrected chi connectivity index (χ3v) is 8.29. The Morgan fingerprint density at radius 1 is 0.900 bits per heavy atom. The topological polar surface area (TPSA) is 17.1 Å². The van der Waals surface area contributed by atoms with Crippen LogP contribution in [0.2, 0.25) is 0 Å². The van der Waals surface area contributed by atoms with Crippen LogP contribution in [0.1, 0.15) is 78.1 Å². The lowest BCUT2D eigenvalue weighted by Crippen LogP contribution is -2.52. The quantitative estimate of drug-likeness (QED) is 0.608. The molecular weight excluding hydrogens is 244 g/mol. The number of hydrogen-bond acceptors (Lipinski definition) is 1. The second-order valence-corrected chi connectivity index (χ2v) is 8.82. The van der Waals surface area contributed by atoms with Crippen LogP contribution in [0.15, 0.2) is 0 Å². The molecule has 4 aliphatic rings. The molecule has 0 aromatic rings. The molecule has 0 saturated heterocycles. The summed E-state index contributed by atoms with van der Waals surface area (Å²) in [6.45, 7) is 4.92. The molecule has 0 radical (unpaired) electrons. The molecule has 1 heteroatoms. The van der Waals surface area contributed by atoms with Crippen LogP contribution in [-0.2, 0) is 4.79 Å². The highest BCUT2D eigenvalue weighted by Gasteiger charge is 2.59. The van der Waals surface area contributed by atoms with E-state index in [1.807, 2.05) is 0 Å². The molecule has 2 unspecified atom stereocenters. The smallest absolute Gasteiger partial charge is 0.139 e. The number of carbonyl (C=O) groups excluding carboxylic acids is 1. The van der Waals surface area contributed by atoms with Crippen LogP contribution in [-0.4, -0.2) is 5.78 Å². The van der Waals surface area contributed by atoms with Gasteiger partial charge in [-0.3, -0.25) is 4.79 Å². The molecule has 0 amide bonds. The molecule has 4 aliphatic carbocycles. The molecule has 0 aliphatic heterocycles. The van der Waals surface area contributed by atoms with Crippen molar-refractivity contribution in [3.8, 4) is 0 Å². The van der Waals surface area contributed by atoms with E-state index in [-0.39, 0.29) is 5.41 Å². The van der Waals surface area contributed by atoms with Gasteiger partial charge >= 0.3 is 0 Å². The van der Waals surface area contributed by atoms with E-state index in [4.69, 9.17) is 0 Å². The van der Waals surface area contributed by atoms with Gasteiger partial charge in [0.05, 0.1) is 0 Å². The van der Waals surface area contributed by atoms with Gasteiger partial charge in [0.2, 0.25) is 0 Å². The zero-order chi connectivity index (χ0) is 14.0. The number of ketones is 1. The van der Waals surface area contributed by atoms with Crippen LogP contribution in [0.4, 0.5) is 0 Å². The van der Waals surface area contributed by atoms with E-state index in [0.717, 1.165) is 30.1 Å². The molecule has 20 heavy (non-hydrogen) atoms. The fourth-order valence-electron chi connectivity index (χ4n) is 7.07. The molecule has 1 nitrogen and oxygen atoms in total. The van der Waals surface area contributed by atoms with Gasteiger partial charge in [-0.05, 0) is 74.0 Å². The van der Waals surface area contributed by atoms with Gasteiger partial charge in [-0.15, -0.1) is 0 Å². The van der Waals surface area contributed by atoms with E-state index in [1.54, 1.807) is 0 Å². The molecule has 4 rings (SSSR count). The van der Waals surface area contributed by atoms with Gasteiger partial charge in [-0.25, -0.2) is 0 Å². The Bertz CT molecular complexity index is 427. The Kier molecular flexibility index (Phi) is 2.89. The maximum Gasteiger partial charge on any atom is 0.139 e. The van der Waals surface area contributed by atoms with Crippen molar-refractivity contribution in [3.05, 3.63) is 0 Å². The van der Waals surface area contributed by atoms with Gasteiger partial charge < -0.3 is 0 Å². The zero-order valence-corrected chi connectivity index (χ0v) is 13.3. The maximum absolute atomic E-state index is 12.4. The summed E-state index contributed by atoms with van der Waals surface area (Å²) in [7, 11) is 0. The summed E-state index contributed by atoms with van der Waals surface area (Å²) in [6, 6.07) is 0. The third-order valence-electron chi connectivity index (χ3n) is 8.29. The van der Waals surface area contributed by atoms with Crippen LogP contribution >= 0.6 is 0 Å². The summed E-state index contributed by atoms with van der Waals surface area (Å²) in [5.74, 6) is 4.13. The van der Waals surface area contributed by atoms with Crippen molar-refractivity contribution < 1.29 is 4.79 Å². The van der Waals surface area contributed by atoms with Crippen LogP contribution in [0.25, 0.3) is 0 Å². The number of hydrogen-bond donors (Lipinski definition) is 0. The van der Waals surface area contributed by atoms with Crippen LogP contribution < -0.4 is 0 Å². The Morgan fingerprint density at radius 3 is 2.60 bits per heavy atom. The van der Waals surface area contributed by atoms with Crippen molar-refractivity contribution >= 4 is 5.78 Å². The Balaban J connectivity index is 1.66. The molecule has 0 spiro atoms. The molecule has 0 aromatic heterocycles. The van der Waals surface area contributed by atoms with Gasteiger partial charge in [0.25, 0.3) is 0 Å². The minimum absolute atomic E-state index is 0.0685. The van der Waals surface area contributed by atoms with Crippen molar-refractivity contribution in [1.82, 2.24) is 0 Å². The van der Waals surface area contributed by atoms with Crippen molar-refractivity contribution in [3.63, 3.8) is 0 Å². The second kappa shape index (κ2) is 4.34. The molecule has 0 bridgehead atoms. The molecule has 0 heterocycles. The molecular formula is C19H30O. The van der Waals surface area contributed by atoms with E-state index in [0.29, 0.717) is 11.2 Å². The lowest BCUT2D eigenvalue weighted by molar-refractivity contribution is -0.138. The Morgan fingerprint density at radius 2 is 1.75 bits per heavy atom. The predicted molar refractivity (Wildman–Crippen MR) is 81.4 cm³/mol. The van der Waals surface area contributed by atoms with E-state index in [2.05, 4.69) is 13.8 Å². The third kappa shape index (κ3) is 1.58. The fourth-order valence-corrected chi connectivity index (χ4v) is 7.07. The van der Waals surface area contributed by atoms with Gasteiger partial charge in [0, 0.05) is 11.8 Å². The highest BCUT2D eigenvalue weighted by atomic mass is 16.1. The summed E-state index contributed by atoms with van der Waals surface area (Å²) >= 11 is 0. The first-order valence-corrected chi connectivity index (χ1v) is 9.09. The van der Waals surface area contributed by atoms with E-state index >= 15 is 0 Å². The molecule has 112 valence electrons. The van der Waals surface area contributed by atoms with E-state index in [9.17, 15) is 4.79 Å². The lowest BCUT2D eigenvalue weighted by atomic mass is 9.45. The Labute approximate surface area is 123 Å². The first-order chi connectivity index (χ1) is 9.56. The minimum atomic E-state index is 0.0685. The number of carbonyl (C=O) groups is 1. The van der Waals surface area contributed by atoms with Crippen molar-refractivity contribution in [2.45, 2.75) is 78.1 Å². The summed E-state index contributed by atoms with van der Waals surface area (Å²) in [4.78, 5) is 12.4. The summed E-state index contributed by atoms with van der Waals surface area (Å²) in [5.41, 5.74) is 0.688. The average Bonchev–Trinajstić information content (AvgIpc) is 2.74. The van der Waals surface area contributed by atoms with Crippen molar-refractivity contribution in [2.75, 3.05) is 0 Å². The van der Waals surface area contributed by atoms with Crippen molar-refractivity contribution in [2.24, 2.45) is 34.5 Å². The predicted octanol–water partition coefficient (Wildman–Crippen LogP) is 4.99. The lowest BCUT2D eigenvalue weighted by Gasteiger charge is -2.59. The highest BCUT2D eigenvalue weighted by Crippen LogP contribution is 2.65. The van der Waals surface area contributed by atoms with Crippen LogP contribution in [0.3, 0.4) is 0 Å². The number of fused-ring (bicyclic) bond motifs is 5. The molecule has 0 N–H and O–H groups in total. The molecule has 0 aromatic carbocycles. The maximum atomic E-state index is 12.4. The van der Waals surface area contributed by atoms with Gasteiger partial charge in [-0.2, -0.15) is 0 Å². The summed E-state index contributed by atoms with van der Waals surface area (Å²) in [6.07, 6.45) is 13.4. The molecule has 6 atom stereocenters. The van der Waals surface area contributed by atoms with Crippen molar-refractivity contribution in [1.29, 1.82) is 0 Å². The van der Waals surface area contributed by atoms with Gasteiger partial charge in [0.1, 0.15) is 5.78 Å². The summed E-state index contributed by atoms with van der Waals surface area (Å²) in [5, 5.41) is 0. The SMILES string of the molecule is C[C@]12CCC3[C@@H](CC[C@@H]4CCCC[C@]34C)C1CCC2=O. The first kappa shape index (κ1) is 13.3. The average molecular weight is 274 g/mol. The number of rotatable bonds is 0. The molecule has 4 fully saturated rings. The normalized spacial score (nSPS) is 55.0. The molecule has 4 saturated carbocycles. The second-order valence-electron chi connectivity index (χ2n) is 8.82. The largest absolute Gasteiger partial charge is 0.299 e.